The van der Waals surface area contributed by atoms with Gasteiger partial charge in [-0.1, -0.05) is 12.1 Å². The first-order valence-electron chi connectivity index (χ1n) is 4.69. The Kier molecular flexibility index (Phi) is 4.29. The lowest BCUT2D eigenvalue weighted by atomic mass is 10.2. The van der Waals surface area contributed by atoms with Gasteiger partial charge in [0.25, 0.3) is 0 Å². The molecular weight excluding hydrogens is 174 g/mol. The van der Waals surface area contributed by atoms with Crippen LogP contribution in [0.3, 0.4) is 0 Å². The molecule has 1 rings (SSSR count). The molecule has 0 aliphatic rings. The first-order chi connectivity index (χ1) is 6.76. The largest absolute Gasteiger partial charge is 0.326 e. The first kappa shape index (κ1) is 10.9. The molecule has 0 unspecified atom stereocenters. The quantitative estimate of drug-likeness (QED) is 0.710. The molecule has 3 heteroatoms. The fraction of sp³-hybridized carbons (Fsp3) is 0.364. The molecule has 0 bridgehead atoms. The van der Waals surface area contributed by atoms with Gasteiger partial charge >= 0.3 is 0 Å². The summed E-state index contributed by atoms with van der Waals surface area (Å²) < 4.78 is 0. The van der Waals surface area contributed by atoms with Gasteiger partial charge in [0.05, 0.1) is 5.69 Å². The van der Waals surface area contributed by atoms with Crippen molar-refractivity contribution in [1.29, 1.82) is 0 Å². The molecule has 0 spiro atoms. The minimum absolute atomic E-state index is 0.551. The van der Waals surface area contributed by atoms with Crippen molar-refractivity contribution in [1.82, 2.24) is 9.88 Å². The summed E-state index contributed by atoms with van der Waals surface area (Å²) in [5.41, 5.74) is 7.62. The van der Waals surface area contributed by atoms with Crippen LogP contribution in [0.25, 0.3) is 0 Å². The Bertz CT molecular complexity index is 279. The predicted octanol–water partition coefficient (Wildman–Crippen LogP) is 1.16. The van der Waals surface area contributed by atoms with Crippen molar-refractivity contribution >= 4 is 0 Å². The van der Waals surface area contributed by atoms with E-state index in [-0.39, 0.29) is 0 Å². The molecule has 76 valence electrons. The van der Waals surface area contributed by atoms with Crippen LogP contribution in [0.15, 0.2) is 31.0 Å². The van der Waals surface area contributed by atoms with E-state index in [1.54, 1.807) is 0 Å². The first-order valence-corrected chi connectivity index (χ1v) is 4.69. The third kappa shape index (κ3) is 3.28. The maximum atomic E-state index is 5.49. The Balaban J connectivity index is 2.54. The molecule has 3 nitrogen and oxygen atoms in total. The van der Waals surface area contributed by atoms with Gasteiger partial charge < -0.3 is 5.73 Å². The number of pyridine rings is 1. The van der Waals surface area contributed by atoms with E-state index in [4.69, 9.17) is 5.73 Å². The van der Waals surface area contributed by atoms with Gasteiger partial charge in [0.2, 0.25) is 0 Å². The summed E-state index contributed by atoms with van der Waals surface area (Å²) in [6, 6.07) is 4.03. The van der Waals surface area contributed by atoms with E-state index < -0.39 is 0 Å². The van der Waals surface area contributed by atoms with E-state index in [1.807, 2.05) is 31.5 Å². The van der Waals surface area contributed by atoms with Gasteiger partial charge in [-0.2, -0.15) is 0 Å². The minimum Gasteiger partial charge on any atom is -0.326 e. The third-order valence-electron chi connectivity index (χ3n) is 1.99. The van der Waals surface area contributed by atoms with Crippen LogP contribution in [0.5, 0.6) is 0 Å². The maximum Gasteiger partial charge on any atom is 0.0544 e. The minimum atomic E-state index is 0.551. The Morgan fingerprint density at radius 1 is 1.57 bits per heavy atom. The van der Waals surface area contributed by atoms with Crippen molar-refractivity contribution < 1.29 is 0 Å². The van der Waals surface area contributed by atoms with Crippen LogP contribution in [0.1, 0.15) is 11.3 Å². The number of hydrogen-bond donors (Lipinski definition) is 1. The van der Waals surface area contributed by atoms with Crippen molar-refractivity contribution in [2.45, 2.75) is 13.1 Å². The molecule has 0 aromatic carbocycles. The standard InChI is InChI=1S/C11H17N3/c1-3-6-14(2)9-11-5-4-10(7-12)8-13-11/h3-5,8H,1,6-7,9,12H2,2H3. The molecule has 0 aliphatic heterocycles. The summed E-state index contributed by atoms with van der Waals surface area (Å²) in [6.45, 7) is 5.96. The van der Waals surface area contributed by atoms with Gasteiger partial charge in [0.15, 0.2) is 0 Å². The molecule has 0 radical (unpaired) electrons. The van der Waals surface area contributed by atoms with Crippen LogP contribution in [-0.4, -0.2) is 23.5 Å². The third-order valence-corrected chi connectivity index (χ3v) is 1.99. The molecule has 0 saturated heterocycles. The van der Waals surface area contributed by atoms with E-state index in [9.17, 15) is 0 Å². The van der Waals surface area contributed by atoms with Gasteiger partial charge in [-0.3, -0.25) is 9.88 Å². The summed E-state index contributed by atoms with van der Waals surface area (Å²) in [7, 11) is 2.04. The topological polar surface area (TPSA) is 42.1 Å². The van der Waals surface area contributed by atoms with Crippen molar-refractivity contribution in [3.05, 3.63) is 42.2 Å². The molecular formula is C11H17N3. The Morgan fingerprint density at radius 2 is 2.36 bits per heavy atom. The average Bonchev–Trinajstić information content (AvgIpc) is 2.19. The molecule has 0 amide bonds. The van der Waals surface area contributed by atoms with E-state index in [0.717, 1.165) is 24.3 Å². The lowest BCUT2D eigenvalue weighted by Crippen LogP contribution is -2.18. The summed E-state index contributed by atoms with van der Waals surface area (Å²) >= 11 is 0. The Morgan fingerprint density at radius 3 is 2.86 bits per heavy atom. The fourth-order valence-electron chi connectivity index (χ4n) is 1.23. The highest BCUT2D eigenvalue weighted by Gasteiger charge is 1.99. The fourth-order valence-corrected chi connectivity index (χ4v) is 1.23. The van der Waals surface area contributed by atoms with E-state index in [2.05, 4.69) is 16.5 Å². The summed E-state index contributed by atoms with van der Waals surface area (Å²) in [4.78, 5) is 6.47. The molecule has 0 fully saturated rings. The SMILES string of the molecule is C=CCN(C)Cc1ccc(CN)cn1. The predicted molar refractivity (Wildman–Crippen MR) is 58.7 cm³/mol. The molecule has 0 aliphatic carbocycles. The number of hydrogen-bond acceptors (Lipinski definition) is 3. The molecule has 2 N–H and O–H groups in total. The smallest absolute Gasteiger partial charge is 0.0544 e. The summed E-state index contributed by atoms with van der Waals surface area (Å²) in [6.07, 6.45) is 3.71. The van der Waals surface area contributed by atoms with Crippen molar-refractivity contribution in [2.75, 3.05) is 13.6 Å². The van der Waals surface area contributed by atoms with Crippen molar-refractivity contribution in [2.24, 2.45) is 5.73 Å². The molecule has 0 saturated carbocycles. The monoisotopic (exact) mass is 191 g/mol. The number of rotatable bonds is 5. The van der Waals surface area contributed by atoms with E-state index in [0.29, 0.717) is 6.54 Å². The normalized spacial score (nSPS) is 10.5. The number of likely N-dealkylation sites (N-methyl/N-ethyl adjacent to an activating group) is 1. The van der Waals surface area contributed by atoms with Crippen molar-refractivity contribution in [3.8, 4) is 0 Å². The summed E-state index contributed by atoms with van der Waals surface area (Å²) in [5.74, 6) is 0. The lowest BCUT2D eigenvalue weighted by molar-refractivity contribution is 0.359. The van der Waals surface area contributed by atoms with Crippen LogP contribution in [0.4, 0.5) is 0 Å². The lowest BCUT2D eigenvalue weighted by Gasteiger charge is -2.13. The Hall–Kier alpha value is -1.19. The summed E-state index contributed by atoms with van der Waals surface area (Å²) in [5, 5.41) is 0. The van der Waals surface area contributed by atoms with Crippen LogP contribution in [0.2, 0.25) is 0 Å². The molecule has 1 heterocycles. The van der Waals surface area contributed by atoms with Crippen LogP contribution in [0, 0.1) is 0 Å². The number of aromatic nitrogens is 1. The second kappa shape index (κ2) is 5.52. The van der Waals surface area contributed by atoms with Crippen LogP contribution >= 0.6 is 0 Å². The zero-order valence-corrected chi connectivity index (χ0v) is 8.61. The number of nitrogens with two attached hydrogens (primary N) is 1. The van der Waals surface area contributed by atoms with Crippen LogP contribution < -0.4 is 5.73 Å². The Labute approximate surface area is 85.3 Å². The van der Waals surface area contributed by atoms with Gasteiger partial charge in [-0.25, -0.2) is 0 Å². The van der Waals surface area contributed by atoms with E-state index >= 15 is 0 Å². The van der Waals surface area contributed by atoms with Gasteiger partial charge in [0, 0.05) is 25.8 Å². The second-order valence-electron chi connectivity index (χ2n) is 3.35. The van der Waals surface area contributed by atoms with Crippen LogP contribution in [-0.2, 0) is 13.1 Å². The number of nitrogens with zero attached hydrogens (tertiary/aromatic N) is 2. The zero-order chi connectivity index (χ0) is 10.4. The second-order valence-corrected chi connectivity index (χ2v) is 3.35. The molecule has 0 atom stereocenters. The van der Waals surface area contributed by atoms with Crippen molar-refractivity contribution in [3.63, 3.8) is 0 Å². The zero-order valence-electron chi connectivity index (χ0n) is 8.61. The highest BCUT2D eigenvalue weighted by atomic mass is 15.1. The highest BCUT2D eigenvalue weighted by Crippen LogP contribution is 2.02. The molecule has 14 heavy (non-hydrogen) atoms. The maximum absolute atomic E-state index is 5.49. The molecule has 1 aromatic heterocycles. The highest BCUT2D eigenvalue weighted by molar-refractivity contribution is 5.13. The molecule has 1 aromatic rings. The van der Waals surface area contributed by atoms with Gasteiger partial charge in [-0.05, 0) is 18.7 Å². The van der Waals surface area contributed by atoms with E-state index in [1.165, 1.54) is 0 Å². The van der Waals surface area contributed by atoms with Gasteiger partial charge in [-0.15, -0.1) is 6.58 Å². The average molecular weight is 191 g/mol. The van der Waals surface area contributed by atoms with Gasteiger partial charge in [0.1, 0.15) is 0 Å².